The molecule has 98 valence electrons. The molecular weight excluding hydrogens is 222 g/mol. The lowest BCUT2D eigenvalue weighted by molar-refractivity contribution is -0.141. The van der Waals surface area contributed by atoms with E-state index >= 15 is 0 Å². The molecular formula is C11H21N3O3. The third-order valence-electron chi connectivity index (χ3n) is 2.71. The molecule has 1 saturated heterocycles. The van der Waals surface area contributed by atoms with Gasteiger partial charge in [0.2, 0.25) is 0 Å². The number of hydrogen-bond donors (Lipinski definition) is 3. The number of esters is 1. The van der Waals surface area contributed by atoms with E-state index in [1.807, 2.05) is 0 Å². The monoisotopic (exact) mass is 243 g/mol. The van der Waals surface area contributed by atoms with E-state index in [0.29, 0.717) is 19.1 Å². The number of ether oxygens (including phenoxy) is 1. The summed E-state index contributed by atoms with van der Waals surface area (Å²) in [6, 6.07) is -0.309. The lowest BCUT2D eigenvalue weighted by Crippen LogP contribution is -2.42. The predicted octanol–water partition coefficient (Wildman–Crippen LogP) is -0.152. The van der Waals surface area contributed by atoms with Crippen LogP contribution in [0.5, 0.6) is 0 Å². The van der Waals surface area contributed by atoms with Crippen LogP contribution in [0.25, 0.3) is 0 Å². The predicted molar refractivity (Wildman–Crippen MR) is 63.6 cm³/mol. The molecule has 0 radical (unpaired) electrons. The number of piperidine rings is 1. The van der Waals surface area contributed by atoms with Crippen LogP contribution in [0.2, 0.25) is 0 Å². The van der Waals surface area contributed by atoms with Gasteiger partial charge in [0.05, 0.1) is 6.61 Å². The summed E-state index contributed by atoms with van der Waals surface area (Å²) in [6.07, 6.45) is 2.16. The SMILES string of the molecule is CCOC(=O)CNC(=O)NCC1CCNCC1. The van der Waals surface area contributed by atoms with Crippen molar-refractivity contribution in [1.82, 2.24) is 16.0 Å². The average molecular weight is 243 g/mol. The molecule has 0 bridgehead atoms. The van der Waals surface area contributed by atoms with Crippen molar-refractivity contribution in [1.29, 1.82) is 0 Å². The molecule has 2 amide bonds. The van der Waals surface area contributed by atoms with E-state index in [0.717, 1.165) is 25.9 Å². The van der Waals surface area contributed by atoms with Crippen LogP contribution in [0.15, 0.2) is 0 Å². The Morgan fingerprint density at radius 2 is 2.00 bits per heavy atom. The normalized spacial score (nSPS) is 16.3. The number of carbonyl (C=O) groups excluding carboxylic acids is 2. The average Bonchev–Trinajstić information content (AvgIpc) is 2.35. The zero-order valence-electron chi connectivity index (χ0n) is 10.3. The molecule has 0 aromatic heterocycles. The van der Waals surface area contributed by atoms with E-state index in [9.17, 15) is 9.59 Å². The van der Waals surface area contributed by atoms with Crippen LogP contribution in [-0.4, -0.2) is 44.8 Å². The molecule has 1 fully saturated rings. The van der Waals surface area contributed by atoms with E-state index in [1.54, 1.807) is 6.92 Å². The lowest BCUT2D eigenvalue weighted by Gasteiger charge is -2.22. The Balaban J connectivity index is 2.06. The van der Waals surface area contributed by atoms with Gasteiger partial charge in [-0.2, -0.15) is 0 Å². The van der Waals surface area contributed by atoms with Crippen LogP contribution in [0.4, 0.5) is 4.79 Å². The number of amides is 2. The molecule has 3 N–H and O–H groups in total. The Hall–Kier alpha value is -1.30. The van der Waals surface area contributed by atoms with E-state index in [2.05, 4.69) is 16.0 Å². The molecule has 1 aliphatic rings. The van der Waals surface area contributed by atoms with Crippen molar-refractivity contribution in [2.24, 2.45) is 5.92 Å². The summed E-state index contributed by atoms with van der Waals surface area (Å²) in [7, 11) is 0. The van der Waals surface area contributed by atoms with Crippen LogP contribution in [0, 0.1) is 5.92 Å². The Bertz CT molecular complexity index is 252. The van der Waals surface area contributed by atoms with Gasteiger partial charge in [-0.3, -0.25) is 4.79 Å². The van der Waals surface area contributed by atoms with Gasteiger partial charge in [-0.1, -0.05) is 0 Å². The van der Waals surface area contributed by atoms with Gasteiger partial charge < -0.3 is 20.7 Å². The molecule has 1 heterocycles. The van der Waals surface area contributed by atoms with Gasteiger partial charge in [0.25, 0.3) is 0 Å². The maximum absolute atomic E-state index is 11.3. The van der Waals surface area contributed by atoms with Crippen LogP contribution in [-0.2, 0) is 9.53 Å². The summed E-state index contributed by atoms with van der Waals surface area (Å²) in [5.41, 5.74) is 0. The van der Waals surface area contributed by atoms with Crippen molar-refractivity contribution < 1.29 is 14.3 Å². The van der Waals surface area contributed by atoms with Gasteiger partial charge in [0.15, 0.2) is 0 Å². The summed E-state index contributed by atoms with van der Waals surface area (Å²) in [5.74, 6) is 0.120. The first-order valence-corrected chi connectivity index (χ1v) is 6.10. The standard InChI is InChI=1S/C11H21N3O3/c1-2-17-10(15)8-14-11(16)13-7-9-3-5-12-6-4-9/h9,12H,2-8H2,1H3,(H2,13,14,16). The number of urea groups is 1. The minimum absolute atomic E-state index is 0.0775. The molecule has 0 aromatic rings. The Kier molecular flexibility index (Phi) is 6.39. The van der Waals surface area contributed by atoms with Crippen LogP contribution < -0.4 is 16.0 Å². The van der Waals surface area contributed by atoms with E-state index in [-0.39, 0.29) is 12.6 Å². The highest BCUT2D eigenvalue weighted by atomic mass is 16.5. The number of carbonyl (C=O) groups is 2. The fourth-order valence-corrected chi connectivity index (χ4v) is 1.75. The number of hydrogen-bond acceptors (Lipinski definition) is 4. The second-order valence-corrected chi connectivity index (χ2v) is 4.06. The molecule has 0 spiro atoms. The van der Waals surface area contributed by atoms with Crippen molar-refractivity contribution in [2.75, 3.05) is 32.8 Å². The second-order valence-electron chi connectivity index (χ2n) is 4.06. The summed E-state index contributed by atoms with van der Waals surface area (Å²) in [6.45, 7) is 4.67. The Morgan fingerprint density at radius 1 is 1.29 bits per heavy atom. The van der Waals surface area contributed by atoms with Gasteiger partial charge in [0, 0.05) is 6.54 Å². The molecule has 6 nitrogen and oxygen atoms in total. The van der Waals surface area contributed by atoms with Crippen LogP contribution in [0.3, 0.4) is 0 Å². The van der Waals surface area contributed by atoms with Crippen molar-refractivity contribution in [2.45, 2.75) is 19.8 Å². The highest BCUT2D eigenvalue weighted by Gasteiger charge is 2.14. The fourth-order valence-electron chi connectivity index (χ4n) is 1.75. The lowest BCUT2D eigenvalue weighted by atomic mass is 9.98. The quantitative estimate of drug-likeness (QED) is 0.587. The Morgan fingerprint density at radius 3 is 2.65 bits per heavy atom. The molecule has 1 aliphatic heterocycles. The number of nitrogens with one attached hydrogen (secondary N) is 3. The third-order valence-corrected chi connectivity index (χ3v) is 2.71. The van der Waals surface area contributed by atoms with Gasteiger partial charge in [-0.05, 0) is 38.8 Å². The topological polar surface area (TPSA) is 79.5 Å². The zero-order chi connectivity index (χ0) is 12.5. The molecule has 17 heavy (non-hydrogen) atoms. The van der Waals surface area contributed by atoms with E-state index in [1.165, 1.54) is 0 Å². The minimum Gasteiger partial charge on any atom is -0.465 e. The summed E-state index contributed by atoms with van der Waals surface area (Å²) < 4.78 is 4.70. The second kappa shape index (κ2) is 7.89. The van der Waals surface area contributed by atoms with Gasteiger partial charge in [-0.15, -0.1) is 0 Å². The summed E-state index contributed by atoms with van der Waals surface area (Å²) >= 11 is 0. The van der Waals surface area contributed by atoms with Gasteiger partial charge in [0.1, 0.15) is 6.54 Å². The fraction of sp³-hybridized carbons (Fsp3) is 0.818. The molecule has 1 rings (SSSR count). The zero-order valence-corrected chi connectivity index (χ0v) is 10.3. The summed E-state index contributed by atoms with van der Waals surface area (Å²) in [5, 5.41) is 8.50. The van der Waals surface area contributed by atoms with E-state index in [4.69, 9.17) is 4.74 Å². The van der Waals surface area contributed by atoms with E-state index < -0.39 is 5.97 Å². The molecule has 0 aliphatic carbocycles. The first-order chi connectivity index (χ1) is 8.22. The molecule has 0 atom stereocenters. The maximum Gasteiger partial charge on any atom is 0.325 e. The first kappa shape index (κ1) is 13.8. The minimum atomic E-state index is -0.412. The largest absolute Gasteiger partial charge is 0.465 e. The Labute approximate surface area is 101 Å². The van der Waals surface area contributed by atoms with Crippen molar-refractivity contribution >= 4 is 12.0 Å². The first-order valence-electron chi connectivity index (χ1n) is 6.10. The van der Waals surface area contributed by atoms with Crippen molar-refractivity contribution in [3.8, 4) is 0 Å². The van der Waals surface area contributed by atoms with Gasteiger partial charge in [-0.25, -0.2) is 4.79 Å². The summed E-state index contributed by atoms with van der Waals surface area (Å²) in [4.78, 5) is 22.3. The smallest absolute Gasteiger partial charge is 0.325 e. The molecule has 6 heteroatoms. The van der Waals surface area contributed by atoms with Crippen LogP contribution >= 0.6 is 0 Å². The highest BCUT2D eigenvalue weighted by molar-refractivity contribution is 5.80. The van der Waals surface area contributed by atoms with Gasteiger partial charge >= 0.3 is 12.0 Å². The molecule has 0 aromatic carbocycles. The molecule has 0 unspecified atom stereocenters. The third kappa shape index (κ3) is 6.11. The number of rotatable bonds is 5. The van der Waals surface area contributed by atoms with Crippen LogP contribution in [0.1, 0.15) is 19.8 Å². The van der Waals surface area contributed by atoms with Crippen molar-refractivity contribution in [3.63, 3.8) is 0 Å². The van der Waals surface area contributed by atoms with Crippen molar-refractivity contribution in [3.05, 3.63) is 0 Å². The maximum atomic E-state index is 11.3. The highest BCUT2D eigenvalue weighted by Crippen LogP contribution is 2.09. The molecule has 0 saturated carbocycles.